The van der Waals surface area contributed by atoms with Crippen LogP contribution in [0.2, 0.25) is 0 Å². The lowest BCUT2D eigenvalue weighted by atomic mass is 9.95. The van der Waals surface area contributed by atoms with Crippen molar-refractivity contribution in [2.75, 3.05) is 26.4 Å². The average Bonchev–Trinajstić information content (AvgIpc) is 0.857. The number of fused-ring (bicyclic) bond motifs is 1. The third kappa shape index (κ3) is 40.0. The number of alkyl carbamates (subject to hydrolysis) is 1. The van der Waals surface area contributed by atoms with E-state index in [1.807, 2.05) is 30.3 Å². The molecule has 2 saturated heterocycles. The first-order valence-corrected chi connectivity index (χ1v) is 36.2. The van der Waals surface area contributed by atoms with E-state index >= 15 is 0 Å². The molecule has 0 aliphatic carbocycles. The molecule has 0 bridgehead atoms. The number of alkyl halides is 3. The monoisotopic (exact) mass is 1320 g/mol. The summed E-state index contributed by atoms with van der Waals surface area (Å²) >= 11 is 18.1. The van der Waals surface area contributed by atoms with E-state index in [2.05, 4.69) is 38.3 Å². The Morgan fingerprint density at radius 2 is 1.06 bits per heavy atom. The summed E-state index contributed by atoms with van der Waals surface area (Å²) in [5, 5.41) is 5.86. The smallest absolute Gasteiger partial charge is 0.407 e. The number of ether oxygens (including phenoxy) is 9. The van der Waals surface area contributed by atoms with Crippen LogP contribution in [0.15, 0.2) is 30.3 Å². The molecule has 0 aromatic heterocycles. The number of hydrogen-bond donors (Lipinski definition) is 2. The van der Waals surface area contributed by atoms with Gasteiger partial charge in [0.15, 0.2) is 18.2 Å². The summed E-state index contributed by atoms with van der Waals surface area (Å²) in [5.41, 5.74) is 0.912. The van der Waals surface area contributed by atoms with Gasteiger partial charge < -0.3 is 53.3 Å². The summed E-state index contributed by atoms with van der Waals surface area (Å²) in [6, 6.07) is 7.47. The molecule has 0 radical (unpaired) electrons. The summed E-state index contributed by atoms with van der Waals surface area (Å²) in [7, 11) is 0. The normalized spacial score (nSPS) is 19.1. The van der Waals surface area contributed by atoms with Gasteiger partial charge in [0.25, 0.3) is 0 Å². The molecule has 19 heteroatoms. The molecule has 2 heterocycles. The van der Waals surface area contributed by atoms with E-state index in [9.17, 15) is 24.0 Å². The fourth-order valence-corrected chi connectivity index (χ4v) is 11.6. The molecule has 3 rings (SSSR count). The zero-order chi connectivity index (χ0) is 64.8. The Morgan fingerprint density at radius 1 is 0.596 bits per heavy atom. The van der Waals surface area contributed by atoms with Crippen LogP contribution in [0.1, 0.15) is 291 Å². The number of amides is 2. The molecule has 2 N–H and O–H groups in total. The van der Waals surface area contributed by atoms with Crippen molar-refractivity contribution >= 4 is 64.7 Å². The number of esters is 3. The molecule has 1 unspecified atom stereocenters. The van der Waals surface area contributed by atoms with Gasteiger partial charge in [-0.25, -0.2) is 4.79 Å². The summed E-state index contributed by atoms with van der Waals surface area (Å²) in [4.78, 5) is 69.5. The number of carbonyl (C=O) groups excluding carboxylic acids is 5. The highest BCUT2D eigenvalue weighted by Gasteiger charge is 2.54. The number of unbranched alkanes of at least 4 members (excludes halogenated alkanes) is 28. The fraction of sp³-hybridized carbons (Fsp3) is 0.843. The fourth-order valence-electron chi connectivity index (χ4n) is 11.4. The molecular weight excluding hydrogens is 1200 g/mol. The van der Waals surface area contributed by atoms with Crippen LogP contribution in [-0.4, -0.2) is 115 Å². The first-order chi connectivity index (χ1) is 42.9. The molecule has 0 spiro atoms. The summed E-state index contributed by atoms with van der Waals surface area (Å²) in [5.74, 6) is -2.91. The van der Waals surface area contributed by atoms with Gasteiger partial charge in [0.05, 0.1) is 45.3 Å². The van der Waals surface area contributed by atoms with Gasteiger partial charge in [-0.15, -0.1) is 0 Å². The second-order valence-corrected chi connectivity index (χ2v) is 27.9. The van der Waals surface area contributed by atoms with Gasteiger partial charge in [0.2, 0.25) is 9.70 Å². The molecule has 1 aromatic rings. The Balaban J connectivity index is 1.91. The van der Waals surface area contributed by atoms with Gasteiger partial charge in [-0.3, -0.25) is 19.2 Å². The lowest BCUT2D eigenvalue weighted by molar-refractivity contribution is -0.369. The van der Waals surface area contributed by atoms with Crippen LogP contribution >= 0.6 is 34.8 Å². The zero-order valence-corrected chi connectivity index (χ0v) is 58.0. The topological polar surface area (TPSA) is 192 Å². The second kappa shape index (κ2) is 49.6. The van der Waals surface area contributed by atoms with Crippen LogP contribution in [0, 0.1) is 0 Å². The van der Waals surface area contributed by atoms with E-state index in [4.69, 9.17) is 77.4 Å². The number of benzene rings is 1. The van der Waals surface area contributed by atoms with E-state index in [1.165, 1.54) is 96.3 Å². The van der Waals surface area contributed by atoms with Crippen LogP contribution in [0.4, 0.5) is 4.79 Å². The Labute approximate surface area is 552 Å². The van der Waals surface area contributed by atoms with Gasteiger partial charge in [-0.2, -0.15) is 0 Å². The van der Waals surface area contributed by atoms with Crippen molar-refractivity contribution in [3.63, 3.8) is 0 Å². The number of rotatable bonds is 53. The highest BCUT2D eigenvalue weighted by molar-refractivity contribution is 6.67. The number of nitrogens with one attached hydrogen (secondary N) is 2. The van der Waals surface area contributed by atoms with Crippen molar-refractivity contribution in [2.24, 2.45) is 0 Å². The predicted molar refractivity (Wildman–Crippen MR) is 354 cm³/mol. The van der Waals surface area contributed by atoms with E-state index in [0.29, 0.717) is 25.7 Å². The van der Waals surface area contributed by atoms with Crippen LogP contribution in [-0.2, 0) is 68.4 Å². The van der Waals surface area contributed by atoms with Crippen molar-refractivity contribution in [1.82, 2.24) is 10.6 Å². The highest BCUT2D eigenvalue weighted by atomic mass is 35.6. The van der Waals surface area contributed by atoms with Crippen molar-refractivity contribution in [2.45, 2.75) is 351 Å². The van der Waals surface area contributed by atoms with E-state index in [1.54, 1.807) is 13.8 Å². The third-order valence-electron chi connectivity index (χ3n) is 16.5. The van der Waals surface area contributed by atoms with Crippen molar-refractivity contribution in [3.05, 3.63) is 35.9 Å². The third-order valence-corrected chi connectivity index (χ3v) is 16.8. The summed E-state index contributed by atoms with van der Waals surface area (Å²) in [6.45, 7) is 11.6. The van der Waals surface area contributed by atoms with Crippen LogP contribution in [0.3, 0.4) is 0 Å². The minimum absolute atomic E-state index is 0.00810. The van der Waals surface area contributed by atoms with Crippen LogP contribution < -0.4 is 10.6 Å². The molecule has 8 atom stereocenters. The molecule has 1 aromatic carbocycles. The highest BCUT2D eigenvalue weighted by Crippen LogP contribution is 2.36. The molecule has 514 valence electrons. The quantitative estimate of drug-likeness (QED) is 0.0271. The molecule has 16 nitrogen and oxygen atoms in total. The van der Waals surface area contributed by atoms with E-state index in [0.717, 1.165) is 108 Å². The average molecular weight is 1320 g/mol. The Bertz CT molecular complexity index is 2000. The summed E-state index contributed by atoms with van der Waals surface area (Å²) < 4.78 is 54.0. The molecule has 0 saturated carbocycles. The van der Waals surface area contributed by atoms with Gasteiger partial charge >= 0.3 is 24.0 Å². The molecule has 2 aliphatic rings. The standard InChI is InChI=1S/C70H119Cl3N2O14/c1-7-11-15-19-23-25-29-31-38-44-57(85-61(77)46-40-33-27-21-17-13-9-3)48-60(76)74-56(51-81-50-55-42-36-35-37-43-55)52-82-67-64(75-68(80)83-54-70(71,72)73)66(65-59(87-67)53-84-69(5,6)89-65)88-63(79)49-58(45-39-32-30-26-24-20-16-12-8-2)86-62(78)47-41-34-28-22-18-14-10-4/h35-37,42-43,56-59,64-67H,7-34,38-41,44-54H2,1-6H3,(H,74,76)(H,75,80)/t56-,57+,58+,59+,64+,65+,66+,67?/m0/s1. The SMILES string of the molecule is CCCCCCCCCCC[C@H](CC(=O)N[C@@H](COCc1ccccc1)COC1O[C@@H]2COC(C)(C)O[C@H]2[C@H](OC(=O)C[C@@H](CCCCCCCCCCC)OC(=O)CCCCCCCCC)[C@H]1NC(=O)OCC(Cl)(Cl)Cl)OC(=O)CCCCCCCCC. The van der Waals surface area contributed by atoms with Crippen molar-refractivity contribution in [1.29, 1.82) is 0 Å². The number of carbonyl (C=O) groups is 5. The maximum absolute atomic E-state index is 14.6. The molecule has 89 heavy (non-hydrogen) atoms. The lowest BCUT2D eigenvalue weighted by Crippen LogP contribution is -2.69. The van der Waals surface area contributed by atoms with E-state index in [-0.39, 0.29) is 63.5 Å². The van der Waals surface area contributed by atoms with Gasteiger partial charge in [-0.1, -0.05) is 273 Å². The minimum Gasteiger partial charge on any atom is -0.462 e. The molecular formula is C70H119Cl3N2O14. The minimum atomic E-state index is -1.96. The molecule has 2 amide bonds. The Hall–Kier alpha value is -2.96. The van der Waals surface area contributed by atoms with Gasteiger partial charge in [-0.05, 0) is 57.9 Å². The largest absolute Gasteiger partial charge is 0.462 e. The first kappa shape index (κ1) is 80.3. The van der Waals surface area contributed by atoms with Gasteiger partial charge in [0.1, 0.15) is 37.1 Å². The van der Waals surface area contributed by atoms with E-state index < -0.39 is 77.1 Å². The predicted octanol–water partition coefficient (Wildman–Crippen LogP) is 17.7. The molecule has 2 fully saturated rings. The summed E-state index contributed by atoms with van der Waals surface area (Å²) in [6.07, 6.45) is 29.0. The lowest BCUT2D eigenvalue weighted by Gasteiger charge is -2.50. The molecule has 2 aliphatic heterocycles. The van der Waals surface area contributed by atoms with Crippen LogP contribution in [0.5, 0.6) is 0 Å². The Kier molecular flexibility index (Phi) is 44.7. The maximum atomic E-state index is 14.6. The number of halogens is 3. The maximum Gasteiger partial charge on any atom is 0.407 e. The van der Waals surface area contributed by atoms with Crippen molar-refractivity contribution < 1.29 is 66.6 Å². The zero-order valence-electron chi connectivity index (χ0n) is 55.8. The Morgan fingerprint density at radius 3 is 1.54 bits per heavy atom. The number of hydrogen-bond acceptors (Lipinski definition) is 14. The first-order valence-electron chi connectivity index (χ1n) is 35.0. The second-order valence-electron chi connectivity index (χ2n) is 25.4. The van der Waals surface area contributed by atoms with Crippen molar-refractivity contribution in [3.8, 4) is 0 Å². The van der Waals surface area contributed by atoms with Gasteiger partial charge in [0, 0.05) is 12.8 Å². The van der Waals surface area contributed by atoms with Crippen LogP contribution in [0.25, 0.3) is 0 Å².